The Morgan fingerprint density at radius 3 is 1.80 bits per heavy atom. The van der Waals surface area contributed by atoms with Crippen LogP contribution in [0.4, 0.5) is 0 Å². The van der Waals surface area contributed by atoms with E-state index in [0.29, 0.717) is 0 Å². The zero-order valence-electron chi connectivity index (χ0n) is 3.06. The van der Waals surface area contributed by atoms with E-state index in [4.69, 9.17) is 0 Å². The molecule has 0 spiro atoms. The molecule has 0 saturated heterocycles. The number of carbonyl (C=O) groups is 1. The van der Waals surface area contributed by atoms with Crippen molar-refractivity contribution >= 4 is 5.91 Å². The zero-order chi connectivity index (χ0) is 3.58. The molecule has 1 amide bonds. The number of amides is 1. The summed E-state index contributed by atoms with van der Waals surface area (Å²) in [5, 5.41) is 0. The Balaban J connectivity index is 0. The molecule has 1 radical (unpaired) electrons. The number of hydrogen-bond acceptors (Lipinski definition) is 1. The maximum absolute atomic E-state index is 9.22. The SMILES string of the molecule is CC(N)=O.[Y]. The van der Waals surface area contributed by atoms with Crippen LogP contribution in [0.3, 0.4) is 0 Å². The molecule has 0 aromatic rings. The van der Waals surface area contributed by atoms with Gasteiger partial charge >= 0.3 is 0 Å². The van der Waals surface area contributed by atoms with Crippen molar-refractivity contribution in [3.05, 3.63) is 0 Å². The van der Waals surface area contributed by atoms with Gasteiger partial charge < -0.3 is 5.73 Å². The van der Waals surface area contributed by atoms with Gasteiger partial charge in [0, 0.05) is 39.6 Å². The maximum Gasteiger partial charge on any atom is 0.214 e. The third kappa shape index (κ3) is 92.0. The molecule has 0 aromatic heterocycles. The summed E-state index contributed by atoms with van der Waals surface area (Å²) in [4.78, 5) is 9.22. The van der Waals surface area contributed by atoms with Gasteiger partial charge in [0.05, 0.1) is 0 Å². The molecule has 5 heavy (non-hydrogen) atoms. The Labute approximate surface area is 56.0 Å². The summed E-state index contributed by atoms with van der Waals surface area (Å²) in [6.07, 6.45) is 0. The van der Waals surface area contributed by atoms with E-state index in [1.807, 2.05) is 0 Å². The Morgan fingerprint density at radius 1 is 1.80 bits per heavy atom. The molecule has 0 saturated carbocycles. The third-order valence-corrected chi connectivity index (χ3v) is 0. The average molecular weight is 148 g/mol. The number of rotatable bonds is 0. The topological polar surface area (TPSA) is 43.1 Å². The van der Waals surface area contributed by atoms with Crippen LogP contribution in [0.25, 0.3) is 0 Å². The van der Waals surface area contributed by atoms with E-state index >= 15 is 0 Å². The minimum Gasteiger partial charge on any atom is -0.370 e. The van der Waals surface area contributed by atoms with Crippen molar-refractivity contribution in [2.45, 2.75) is 6.92 Å². The Bertz CT molecular complexity index is 32.6. The van der Waals surface area contributed by atoms with Gasteiger partial charge in [0.25, 0.3) is 0 Å². The van der Waals surface area contributed by atoms with Crippen LogP contribution in [0.5, 0.6) is 0 Å². The summed E-state index contributed by atoms with van der Waals surface area (Å²) in [5.41, 5.74) is 4.47. The van der Waals surface area contributed by atoms with Crippen LogP contribution in [0, 0.1) is 0 Å². The predicted octanol–water partition coefficient (Wildman–Crippen LogP) is -0.511. The first-order valence-corrected chi connectivity index (χ1v) is 0.993. The molecular weight excluding hydrogens is 143 g/mol. The molecule has 0 heterocycles. The normalized spacial score (nSPS) is 5.00. The van der Waals surface area contributed by atoms with Crippen LogP contribution in [0.1, 0.15) is 6.92 Å². The van der Waals surface area contributed by atoms with Crippen molar-refractivity contribution in [1.82, 2.24) is 0 Å². The van der Waals surface area contributed by atoms with Crippen molar-refractivity contribution in [3.8, 4) is 0 Å². The molecule has 0 aliphatic heterocycles. The minimum absolute atomic E-state index is 0. The van der Waals surface area contributed by atoms with Crippen LogP contribution in [0.2, 0.25) is 0 Å². The zero-order valence-corrected chi connectivity index (χ0v) is 5.90. The molecule has 0 rings (SSSR count). The summed E-state index contributed by atoms with van der Waals surface area (Å²) < 4.78 is 0. The van der Waals surface area contributed by atoms with Crippen molar-refractivity contribution in [2.24, 2.45) is 5.73 Å². The number of carbonyl (C=O) groups excluding carboxylic acids is 1. The van der Waals surface area contributed by atoms with Crippen molar-refractivity contribution in [3.63, 3.8) is 0 Å². The van der Waals surface area contributed by atoms with Gasteiger partial charge in [0.2, 0.25) is 5.91 Å². The monoisotopic (exact) mass is 148 g/mol. The Hall–Kier alpha value is 0.574. The van der Waals surface area contributed by atoms with Crippen molar-refractivity contribution in [2.75, 3.05) is 0 Å². The fourth-order valence-corrected chi connectivity index (χ4v) is 0. The number of primary amides is 1. The fourth-order valence-electron chi connectivity index (χ4n) is 0. The molecule has 0 aliphatic carbocycles. The molecule has 0 fully saturated rings. The molecule has 2 nitrogen and oxygen atoms in total. The van der Waals surface area contributed by atoms with Crippen LogP contribution in [-0.2, 0) is 37.5 Å². The van der Waals surface area contributed by atoms with Gasteiger partial charge in [-0.05, 0) is 0 Å². The average Bonchev–Trinajstić information content (AvgIpc) is 0.811. The first-order valence-electron chi connectivity index (χ1n) is 0.993. The third-order valence-electron chi connectivity index (χ3n) is 0. The fraction of sp³-hybridized carbons (Fsp3) is 0.500. The molecule has 0 aromatic carbocycles. The molecule has 0 atom stereocenters. The summed E-state index contributed by atoms with van der Waals surface area (Å²) in [5.74, 6) is -0.333. The molecule has 0 aliphatic rings. The smallest absolute Gasteiger partial charge is 0.214 e. The van der Waals surface area contributed by atoms with Gasteiger partial charge in [-0.3, -0.25) is 4.79 Å². The van der Waals surface area contributed by atoms with Gasteiger partial charge in [-0.1, -0.05) is 0 Å². The van der Waals surface area contributed by atoms with E-state index in [1.165, 1.54) is 6.92 Å². The van der Waals surface area contributed by atoms with Crippen LogP contribution < -0.4 is 5.73 Å². The van der Waals surface area contributed by atoms with Crippen molar-refractivity contribution < 1.29 is 37.5 Å². The minimum atomic E-state index is -0.333. The molecule has 0 unspecified atom stereocenters. The van der Waals surface area contributed by atoms with Gasteiger partial charge in [-0.15, -0.1) is 0 Å². The van der Waals surface area contributed by atoms with Crippen LogP contribution in [0.15, 0.2) is 0 Å². The second-order valence-electron chi connectivity index (χ2n) is 0.611. The molecule has 27 valence electrons. The molecule has 3 heteroatoms. The van der Waals surface area contributed by atoms with Crippen LogP contribution in [-0.4, -0.2) is 5.91 Å². The molecule has 0 bridgehead atoms. The number of hydrogen-bond donors (Lipinski definition) is 1. The van der Waals surface area contributed by atoms with E-state index in [2.05, 4.69) is 5.73 Å². The van der Waals surface area contributed by atoms with E-state index in [0.717, 1.165) is 0 Å². The van der Waals surface area contributed by atoms with Gasteiger partial charge in [-0.25, -0.2) is 0 Å². The molecule has 2 N–H and O–H groups in total. The van der Waals surface area contributed by atoms with Crippen LogP contribution >= 0.6 is 0 Å². The number of nitrogens with two attached hydrogens (primary N) is 1. The quantitative estimate of drug-likeness (QED) is 0.493. The van der Waals surface area contributed by atoms with E-state index in [9.17, 15) is 4.79 Å². The van der Waals surface area contributed by atoms with Crippen molar-refractivity contribution in [1.29, 1.82) is 0 Å². The summed E-state index contributed by atoms with van der Waals surface area (Å²) in [7, 11) is 0. The van der Waals surface area contributed by atoms with E-state index in [-0.39, 0.29) is 38.6 Å². The largest absolute Gasteiger partial charge is 0.370 e. The Kier molecular flexibility index (Phi) is 8.35. The maximum atomic E-state index is 9.22. The second-order valence-corrected chi connectivity index (χ2v) is 0.611. The molecular formula is C2H5NOY. The first-order chi connectivity index (χ1) is 1.73. The summed E-state index contributed by atoms with van der Waals surface area (Å²) in [6, 6.07) is 0. The Morgan fingerprint density at radius 2 is 1.80 bits per heavy atom. The first kappa shape index (κ1) is 9.13. The van der Waals surface area contributed by atoms with Gasteiger partial charge in [-0.2, -0.15) is 0 Å². The second kappa shape index (κ2) is 4.57. The summed E-state index contributed by atoms with van der Waals surface area (Å²) >= 11 is 0. The predicted molar refractivity (Wildman–Crippen MR) is 14.9 cm³/mol. The summed E-state index contributed by atoms with van der Waals surface area (Å²) in [6.45, 7) is 1.31. The standard InChI is InChI=1S/C2H5NO.Y/c1-2(3)4;/h1H3,(H2,3,4);. The van der Waals surface area contributed by atoms with E-state index < -0.39 is 0 Å². The van der Waals surface area contributed by atoms with Gasteiger partial charge in [0.1, 0.15) is 0 Å². The van der Waals surface area contributed by atoms with Gasteiger partial charge in [0.15, 0.2) is 0 Å². The van der Waals surface area contributed by atoms with E-state index in [1.54, 1.807) is 0 Å².